The largest absolute Gasteiger partial charge is 0.336 e. The molecule has 1 aromatic carbocycles. The highest BCUT2D eigenvalue weighted by atomic mass is 35.5. The smallest absolute Gasteiger partial charge is 0.258 e. The zero-order chi connectivity index (χ0) is 18.8. The second-order valence-corrected chi connectivity index (χ2v) is 6.90. The Bertz CT molecular complexity index is 935. The molecule has 7 nitrogen and oxygen atoms in total. The van der Waals surface area contributed by atoms with Gasteiger partial charge in [0.15, 0.2) is 0 Å². The van der Waals surface area contributed by atoms with Crippen molar-refractivity contribution < 1.29 is 4.79 Å². The van der Waals surface area contributed by atoms with Gasteiger partial charge in [-0.15, -0.1) is 12.4 Å². The van der Waals surface area contributed by atoms with Crippen LogP contribution in [-0.4, -0.2) is 49.8 Å². The van der Waals surface area contributed by atoms with Gasteiger partial charge in [0.2, 0.25) is 0 Å². The summed E-state index contributed by atoms with van der Waals surface area (Å²) in [5, 5.41) is 7.84. The number of carbonyl (C=O) groups is 1. The minimum absolute atomic E-state index is 0. The highest BCUT2D eigenvalue weighted by molar-refractivity contribution is 5.95. The number of piperazine rings is 1. The van der Waals surface area contributed by atoms with Crippen molar-refractivity contribution in [2.45, 2.75) is 19.5 Å². The second kappa shape index (κ2) is 8.58. The Morgan fingerprint density at radius 1 is 1.29 bits per heavy atom. The number of carbonyl (C=O) groups excluding carboxylic acids is 1. The van der Waals surface area contributed by atoms with Gasteiger partial charge in [-0.25, -0.2) is 4.98 Å². The molecule has 3 aromatic rings. The molecule has 3 heterocycles. The van der Waals surface area contributed by atoms with Gasteiger partial charge >= 0.3 is 0 Å². The van der Waals surface area contributed by atoms with Gasteiger partial charge in [0, 0.05) is 44.8 Å². The van der Waals surface area contributed by atoms with Gasteiger partial charge in [-0.2, -0.15) is 5.10 Å². The molecule has 1 aliphatic rings. The van der Waals surface area contributed by atoms with E-state index in [1.807, 2.05) is 52.5 Å². The first-order valence-electron chi connectivity index (χ1n) is 9.20. The Labute approximate surface area is 170 Å². The lowest BCUT2D eigenvalue weighted by Crippen LogP contribution is -2.49. The fourth-order valence-corrected chi connectivity index (χ4v) is 3.60. The molecular weight excluding hydrogens is 376 g/mol. The van der Waals surface area contributed by atoms with Crippen LogP contribution in [0.1, 0.15) is 33.5 Å². The number of nitrogens with one attached hydrogen (secondary N) is 1. The first kappa shape index (κ1) is 20.1. The molecular formula is C20H25ClN6O. The summed E-state index contributed by atoms with van der Waals surface area (Å²) in [6, 6.07) is 10.1. The number of aromatic nitrogens is 4. The molecule has 1 saturated heterocycles. The maximum atomic E-state index is 13.3. The monoisotopic (exact) mass is 400 g/mol. The standard InChI is InChI=1S/C20H24N6O.ClH/c1-15-17(12-23-26(15)14-16-6-4-3-5-7-16)20(27)25-11-8-21-13-18(25)19-22-9-10-24(19)2;/h3-7,9-10,12,18,21H,8,11,13-14H2,1-2H3;1H. The minimum atomic E-state index is -0.0804. The number of hydrogen-bond acceptors (Lipinski definition) is 4. The van der Waals surface area contributed by atoms with Crippen LogP contribution in [0.15, 0.2) is 48.9 Å². The molecule has 0 aliphatic carbocycles. The summed E-state index contributed by atoms with van der Waals surface area (Å²) < 4.78 is 3.87. The summed E-state index contributed by atoms with van der Waals surface area (Å²) in [7, 11) is 1.96. The van der Waals surface area contributed by atoms with Gasteiger partial charge in [-0.3, -0.25) is 9.48 Å². The van der Waals surface area contributed by atoms with E-state index >= 15 is 0 Å². The molecule has 0 spiro atoms. The van der Waals surface area contributed by atoms with Gasteiger partial charge in [-0.1, -0.05) is 30.3 Å². The molecule has 1 aliphatic heterocycles. The van der Waals surface area contributed by atoms with E-state index in [1.54, 1.807) is 12.4 Å². The van der Waals surface area contributed by atoms with E-state index in [0.29, 0.717) is 25.2 Å². The molecule has 0 bridgehead atoms. The number of nitrogens with zero attached hydrogens (tertiary/aromatic N) is 5. The quantitative estimate of drug-likeness (QED) is 0.728. The van der Waals surface area contributed by atoms with E-state index in [1.165, 1.54) is 0 Å². The van der Waals surface area contributed by atoms with Crippen molar-refractivity contribution >= 4 is 18.3 Å². The van der Waals surface area contributed by atoms with Gasteiger partial charge in [0.1, 0.15) is 11.9 Å². The topological polar surface area (TPSA) is 68.0 Å². The lowest BCUT2D eigenvalue weighted by molar-refractivity contribution is 0.0620. The molecule has 2 aromatic heterocycles. The van der Waals surface area contributed by atoms with E-state index < -0.39 is 0 Å². The van der Waals surface area contributed by atoms with Crippen molar-refractivity contribution in [3.63, 3.8) is 0 Å². The normalized spacial score (nSPS) is 16.6. The van der Waals surface area contributed by atoms with Gasteiger partial charge < -0.3 is 14.8 Å². The SMILES string of the molecule is Cc1c(C(=O)N2CCNCC2c2nccn2C)cnn1Cc1ccccc1.Cl. The van der Waals surface area contributed by atoms with Gasteiger partial charge in [0.25, 0.3) is 5.91 Å². The number of rotatable bonds is 4. The van der Waals surface area contributed by atoms with Crippen LogP contribution >= 0.6 is 12.4 Å². The van der Waals surface area contributed by atoms with Crippen LogP contribution in [0.3, 0.4) is 0 Å². The Balaban J connectivity index is 0.00000225. The first-order valence-corrected chi connectivity index (χ1v) is 9.20. The van der Waals surface area contributed by atoms with Gasteiger partial charge in [-0.05, 0) is 12.5 Å². The first-order chi connectivity index (χ1) is 13.1. The van der Waals surface area contributed by atoms with Gasteiger partial charge in [0.05, 0.1) is 18.3 Å². The van der Waals surface area contributed by atoms with Crippen LogP contribution in [0.5, 0.6) is 0 Å². The molecule has 4 rings (SSSR count). The third-order valence-corrected chi connectivity index (χ3v) is 5.17. The zero-order valence-electron chi connectivity index (χ0n) is 16.1. The number of halogens is 1. The molecule has 148 valence electrons. The van der Waals surface area contributed by atoms with Crippen LogP contribution in [0.2, 0.25) is 0 Å². The van der Waals surface area contributed by atoms with E-state index in [-0.39, 0.29) is 24.4 Å². The molecule has 0 saturated carbocycles. The van der Waals surface area contributed by atoms with Crippen molar-refractivity contribution in [3.8, 4) is 0 Å². The van der Waals surface area contributed by atoms with Crippen molar-refractivity contribution in [2.75, 3.05) is 19.6 Å². The summed E-state index contributed by atoms with van der Waals surface area (Å²) in [5.41, 5.74) is 2.71. The lowest BCUT2D eigenvalue weighted by atomic mass is 10.1. The van der Waals surface area contributed by atoms with Crippen LogP contribution < -0.4 is 5.32 Å². The average molecular weight is 401 g/mol. The summed E-state index contributed by atoms with van der Waals surface area (Å²) in [5.74, 6) is 0.909. The Hall–Kier alpha value is -2.64. The molecule has 1 atom stereocenters. The maximum Gasteiger partial charge on any atom is 0.258 e. The highest BCUT2D eigenvalue weighted by Crippen LogP contribution is 2.24. The maximum absolute atomic E-state index is 13.3. The second-order valence-electron chi connectivity index (χ2n) is 6.90. The molecule has 1 fully saturated rings. The van der Waals surface area contributed by atoms with Crippen molar-refractivity contribution in [2.24, 2.45) is 7.05 Å². The van der Waals surface area contributed by atoms with Crippen LogP contribution in [0.4, 0.5) is 0 Å². The van der Waals surface area contributed by atoms with Crippen molar-refractivity contribution in [1.82, 2.24) is 29.5 Å². The highest BCUT2D eigenvalue weighted by Gasteiger charge is 2.32. The van der Waals surface area contributed by atoms with Crippen LogP contribution in [0, 0.1) is 6.92 Å². The van der Waals surface area contributed by atoms with E-state index in [0.717, 1.165) is 23.6 Å². The molecule has 8 heteroatoms. The molecule has 1 unspecified atom stereocenters. The van der Waals surface area contributed by atoms with E-state index in [4.69, 9.17) is 0 Å². The number of aryl methyl sites for hydroxylation is 1. The van der Waals surface area contributed by atoms with E-state index in [9.17, 15) is 4.79 Å². The summed E-state index contributed by atoms with van der Waals surface area (Å²) >= 11 is 0. The van der Waals surface area contributed by atoms with E-state index in [2.05, 4.69) is 27.5 Å². The number of hydrogen-bond donors (Lipinski definition) is 1. The average Bonchev–Trinajstić information content (AvgIpc) is 3.28. The number of benzene rings is 1. The predicted octanol–water partition coefficient (Wildman–Crippen LogP) is 2.18. The summed E-state index contributed by atoms with van der Waals surface area (Å²) in [6.07, 6.45) is 5.38. The molecule has 1 N–H and O–H groups in total. The van der Waals surface area contributed by atoms with Crippen LogP contribution in [0.25, 0.3) is 0 Å². The molecule has 28 heavy (non-hydrogen) atoms. The molecule has 0 radical (unpaired) electrons. The Kier molecular flexibility index (Phi) is 6.16. The Morgan fingerprint density at radius 3 is 2.79 bits per heavy atom. The third-order valence-electron chi connectivity index (χ3n) is 5.17. The van der Waals surface area contributed by atoms with Crippen molar-refractivity contribution in [1.29, 1.82) is 0 Å². The fraction of sp³-hybridized carbons (Fsp3) is 0.350. The van der Waals surface area contributed by atoms with Crippen molar-refractivity contribution in [3.05, 3.63) is 71.6 Å². The third kappa shape index (κ3) is 3.81. The van der Waals surface area contributed by atoms with Crippen LogP contribution in [-0.2, 0) is 13.6 Å². The minimum Gasteiger partial charge on any atom is -0.336 e. The number of imidazole rings is 1. The molecule has 1 amide bonds. The lowest BCUT2D eigenvalue weighted by Gasteiger charge is -2.35. The zero-order valence-corrected chi connectivity index (χ0v) is 16.9. The summed E-state index contributed by atoms with van der Waals surface area (Å²) in [6.45, 7) is 4.75. The predicted molar refractivity (Wildman–Crippen MR) is 110 cm³/mol. The fourth-order valence-electron chi connectivity index (χ4n) is 3.60. The Morgan fingerprint density at radius 2 is 2.07 bits per heavy atom. The number of amides is 1. The summed E-state index contributed by atoms with van der Waals surface area (Å²) in [4.78, 5) is 19.7.